The van der Waals surface area contributed by atoms with E-state index in [-0.39, 0.29) is 0 Å². The molecule has 12 heavy (non-hydrogen) atoms. The number of hydrogen-bond donors (Lipinski definition) is 1. The molecule has 1 unspecified atom stereocenters. The van der Waals surface area contributed by atoms with Crippen molar-refractivity contribution in [2.45, 2.75) is 46.6 Å². The Morgan fingerprint density at radius 3 is 2.33 bits per heavy atom. The average Bonchev–Trinajstić information content (AvgIpc) is 1.99. The van der Waals surface area contributed by atoms with E-state index in [4.69, 9.17) is 0 Å². The Morgan fingerprint density at radius 1 is 1.33 bits per heavy atom. The highest BCUT2D eigenvalue weighted by atomic mass is 14.9. The van der Waals surface area contributed by atoms with Crippen LogP contribution in [0.3, 0.4) is 0 Å². The van der Waals surface area contributed by atoms with Crippen molar-refractivity contribution in [3.8, 4) is 0 Å². The van der Waals surface area contributed by atoms with E-state index in [0.717, 1.165) is 18.9 Å². The van der Waals surface area contributed by atoms with Crippen LogP contribution in [0.4, 0.5) is 0 Å². The Bertz CT molecular complexity index is 127. The van der Waals surface area contributed by atoms with Crippen molar-refractivity contribution in [2.24, 2.45) is 5.92 Å². The minimum atomic E-state index is 0.619. The molecule has 0 saturated carbocycles. The molecule has 0 spiro atoms. The van der Waals surface area contributed by atoms with Gasteiger partial charge in [-0.25, -0.2) is 0 Å². The predicted molar refractivity (Wildman–Crippen MR) is 56.4 cm³/mol. The van der Waals surface area contributed by atoms with E-state index in [1.165, 1.54) is 12.0 Å². The third-order valence-corrected chi connectivity index (χ3v) is 2.01. The van der Waals surface area contributed by atoms with Gasteiger partial charge < -0.3 is 5.32 Å². The van der Waals surface area contributed by atoms with Gasteiger partial charge >= 0.3 is 0 Å². The zero-order valence-corrected chi connectivity index (χ0v) is 8.98. The first-order chi connectivity index (χ1) is 5.56. The second-order valence-electron chi connectivity index (χ2n) is 4.04. The van der Waals surface area contributed by atoms with Gasteiger partial charge in [-0.2, -0.15) is 0 Å². The number of rotatable bonds is 6. The quantitative estimate of drug-likeness (QED) is 0.603. The molecule has 0 aliphatic carbocycles. The summed E-state index contributed by atoms with van der Waals surface area (Å²) in [6, 6.07) is 0.619. The minimum Gasteiger partial charge on any atom is -0.311 e. The molecule has 72 valence electrons. The molecule has 0 saturated heterocycles. The fraction of sp³-hybridized carbons (Fsp3) is 0.818. The summed E-state index contributed by atoms with van der Waals surface area (Å²) in [6.45, 7) is 13.9. The van der Waals surface area contributed by atoms with E-state index in [2.05, 4.69) is 39.6 Å². The molecule has 0 heterocycles. The Hall–Kier alpha value is -0.300. The van der Waals surface area contributed by atoms with Crippen molar-refractivity contribution >= 4 is 0 Å². The van der Waals surface area contributed by atoms with E-state index in [1.54, 1.807) is 0 Å². The van der Waals surface area contributed by atoms with Crippen LogP contribution in [0.2, 0.25) is 0 Å². The van der Waals surface area contributed by atoms with E-state index in [0.29, 0.717) is 6.04 Å². The molecule has 0 bridgehead atoms. The maximum Gasteiger partial charge on any atom is 0.0164 e. The van der Waals surface area contributed by atoms with Crippen LogP contribution in [-0.2, 0) is 0 Å². The molecule has 0 rings (SSSR count). The highest BCUT2D eigenvalue weighted by Crippen LogP contribution is 2.07. The Morgan fingerprint density at radius 2 is 1.92 bits per heavy atom. The van der Waals surface area contributed by atoms with Crippen molar-refractivity contribution in [1.82, 2.24) is 5.32 Å². The first-order valence-corrected chi connectivity index (χ1v) is 4.96. The van der Waals surface area contributed by atoms with Crippen LogP contribution in [0.15, 0.2) is 12.2 Å². The smallest absolute Gasteiger partial charge is 0.0164 e. The molecule has 0 aromatic carbocycles. The van der Waals surface area contributed by atoms with E-state index >= 15 is 0 Å². The van der Waals surface area contributed by atoms with Gasteiger partial charge in [-0.1, -0.05) is 32.9 Å². The summed E-state index contributed by atoms with van der Waals surface area (Å²) in [6.07, 6.45) is 2.33. The van der Waals surface area contributed by atoms with Crippen LogP contribution in [0.25, 0.3) is 0 Å². The number of nitrogens with one attached hydrogen (secondary N) is 1. The lowest BCUT2D eigenvalue weighted by molar-refractivity contribution is 0.540. The molecular formula is C11H23N. The molecule has 0 aromatic heterocycles. The number of hydrogen-bond acceptors (Lipinski definition) is 1. The summed E-state index contributed by atoms with van der Waals surface area (Å²) in [4.78, 5) is 0. The molecule has 1 nitrogen and oxygen atoms in total. The average molecular weight is 169 g/mol. The summed E-state index contributed by atoms with van der Waals surface area (Å²) in [7, 11) is 0. The molecule has 1 heteroatoms. The highest BCUT2D eigenvalue weighted by Gasteiger charge is 2.00. The maximum atomic E-state index is 4.04. The monoisotopic (exact) mass is 169 g/mol. The zero-order valence-electron chi connectivity index (χ0n) is 8.98. The van der Waals surface area contributed by atoms with Gasteiger partial charge in [-0.3, -0.25) is 0 Å². The van der Waals surface area contributed by atoms with Crippen LogP contribution in [-0.4, -0.2) is 12.6 Å². The fourth-order valence-corrected chi connectivity index (χ4v) is 1.11. The summed E-state index contributed by atoms with van der Waals surface area (Å²) in [5.74, 6) is 0.733. The largest absolute Gasteiger partial charge is 0.311 e. The summed E-state index contributed by atoms with van der Waals surface area (Å²) in [5, 5.41) is 3.44. The normalized spacial score (nSPS) is 13.4. The van der Waals surface area contributed by atoms with Gasteiger partial charge in [0.2, 0.25) is 0 Å². The molecule has 1 N–H and O–H groups in total. The van der Waals surface area contributed by atoms with Crippen molar-refractivity contribution in [2.75, 3.05) is 6.54 Å². The van der Waals surface area contributed by atoms with Gasteiger partial charge in [0.25, 0.3) is 0 Å². The van der Waals surface area contributed by atoms with E-state index in [1.807, 2.05) is 0 Å². The van der Waals surface area contributed by atoms with Gasteiger partial charge in [0.1, 0.15) is 0 Å². The van der Waals surface area contributed by atoms with Crippen molar-refractivity contribution < 1.29 is 0 Å². The van der Waals surface area contributed by atoms with E-state index in [9.17, 15) is 0 Å². The van der Waals surface area contributed by atoms with Gasteiger partial charge in [0.05, 0.1) is 0 Å². The topological polar surface area (TPSA) is 12.0 Å². The maximum absolute atomic E-state index is 4.04. The lowest BCUT2D eigenvalue weighted by Gasteiger charge is -2.13. The third-order valence-electron chi connectivity index (χ3n) is 2.01. The summed E-state index contributed by atoms with van der Waals surface area (Å²) < 4.78 is 0. The summed E-state index contributed by atoms with van der Waals surface area (Å²) in [5.41, 5.74) is 1.32. The van der Waals surface area contributed by atoms with Gasteiger partial charge in [-0.05, 0) is 25.7 Å². The molecule has 1 atom stereocenters. The second kappa shape index (κ2) is 6.24. The lowest BCUT2D eigenvalue weighted by atomic mass is 10.0. The van der Waals surface area contributed by atoms with Crippen LogP contribution >= 0.6 is 0 Å². The lowest BCUT2D eigenvalue weighted by Crippen LogP contribution is -2.27. The zero-order chi connectivity index (χ0) is 9.56. The first-order valence-electron chi connectivity index (χ1n) is 4.96. The minimum absolute atomic E-state index is 0.619. The predicted octanol–water partition coefficient (Wildman–Crippen LogP) is 2.98. The molecule has 0 aliphatic rings. The SMILES string of the molecule is C=C(CNC(C)CC)CC(C)C. The standard InChI is InChI=1S/C11H23N/c1-6-11(5)12-8-10(4)7-9(2)3/h9,11-12H,4,6-8H2,1-3,5H3. The van der Waals surface area contributed by atoms with Gasteiger partial charge in [0.15, 0.2) is 0 Å². The van der Waals surface area contributed by atoms with Crippen molar-refractivity contribution in [1.29, 1.82) is 0 Å². The van der Waals surface area contributed by atoms with Crippen molar-refractivity contribution in [3.63, 3.8) is 0 Å². The first kappa shape index (κ1) is 11.7. The van der Waals surface area contributed by atoms with Crippen LogP contribution < -0.4 is 5.32 Å². The second-order valence-corrected chi connectivity index (χ2v) is 4.04. The Kier molecular flexibility index (Phi) is 6.09. The van der Waals surface area contributed by atoms with Gasteiger partial charge in [0, 0.05) is 12.6 Å². The van der Waals surface area contributed by atoms with Crippen molar-refractivity contribution in [3.05, 3.63) is 12.2 Å². The van der Waals surface area contributed by atoms with Gasteiger partial charge in [-0.15, -0.1) is 0 Å². The van der Waals surface area contributed by atoms with Crippen LogP contribution in [0, 0.1) is 5.92 Å². The molecule has 0 fully saturated rings. The summed E-state index contributed by atoms with van der Waals surface area (Å²) >= 11 is 0. The molecule has 0 aromatic rings. The molecule has 0 radical (unpaired) electrons. The molecule has 0 aliphatic heterocycles. The Balaban J connectivity index is 3.44. The van der Waals surface area contributed by atoms with E-state index < -0.39 is 0 Å². The Labute approximate surface area is 77.2 Å². The van der Waals surface area contributed by atoms with Crippen LogP contribution in [0.5, 0.6) is 0 Å². The van der Waals surface area contributed by atoms with Crippen LogP contribution in [0.1, 0.15) is 40.5 Å². The molecule has 0 amide bonds. The fourth-order valence-electron chi connectivity index (χ4n) is 1.11. The third kappa shape index (κ3) is 6.41. The molecular weight excluding hydrogens is 146 g/mol. The highest BCUT2D eigenvalue weighted by molar-refractivity contribution is 4.97.